The highest BCUT2D eigenvalue weighted by Crippen LogP contribution is 2.47. The number of aromatic carboxylic acids is 2. The quantitative estimate of drug-likeness (QED) is 0.151. The summed E-state index contributed by atoms with van der Waals surface area (Å²) in [5, 5.41) is 26.1. The van der Waals surface area contributed by atoms with E-state index in [1.54, 1.807) is 36.4 Å². The minimum Gasteiger partial charge on any atom is -0.478 e. The molecule has 6 heteroatoms. The number of benzene rings is 9. The van der Waals surface area contributed by atoms with Crippen LogP contribution in [0.2, 0.25) is 0 Å². The SMILES string of the molecule is O=C(O)c1cccc(-c2c3ccccc3c(-c3cccc(C(=O)O)c3)c3cc(N(c4ccccc4)c4ccc(-n5c6ccccc6c6ccccc65)cc4)ccc23)c1. The van der Waals surface area contributed by atoms with Gasteiger partial charge in [0, 0.05) is 33.5 Å². The standard InChI is InChI=1S/C52H34N2O4/c55-51(56)35-14-10-12-33(30-35)49-43-20-4-5-21-44(43)50(34-13-11-15-36(31-34)52(57)58)46-32-40(28-29-45(46)49)53(37-16-2-1-3-17-37)38-24-26-39(27-25-38)54-47-22-8-6-18-41(47)42-19-7-9-23-48(42)54/h1-32H,(H,55,56)(H,57,58). The fourth-order valence-electron chi connectivity index (χ4n) is 8.52. The summed E-state index contributed by atoms with van der Waals surface area (Å²) in [5.74, 6) is -2.00. The molecule has 0 aliphatic carbocycles. The Bertz CT molecular complexity index is 3190. The van der Waals surface area contributed by atoms with Crippen molar-refractivity contribution >= 4 is 72.4 Å². The Hall–Kier alpha value is -7.96. The van der Waals surface area contributed by atoms with Crippen molar-refractivity contribution in [2.24, 2.45) is 0 Å². The Morgan fingerprint density at radius 1 is 0.379 bits per heavy atom. The molecule has 10 aromatic rings. The van der Waals surface area contributed by atoms with Crippen molar-refractivity contribution in [1.82, 2.24) is 4.57 Å². The summed E-state index contributed by atoms with van der Waals surface area (Å²) in [4.78, 5) is 26.7. The molecule has 276 valence electrons. The molecule has 0 aliphatic heterocycles. The third kappa shape index (κ3) is 5.74. The topological polar surface area (TPSA) is 82.8 Å². The summed E-state index contributed by atoms with van der Waals surface area (Å²) < 4.78 is 2.31. The smallest absolute Gasteiger partial charge is 0.335 e. The molecule has 1 aromatic heterocycles. The van der Waals surface area contributed by atoms with Gasteiger partial charge in [0.1, 0.15) is 0 Å². The fraction of sp³-hybridized carbons (Fsp3) is 0. The van der Waals surface area contributed by atoms with Gasteiger partial charge in [0.05, 0.1) is 22.2 Å². The van der Waals surface area contributed by atoms with Crippen molar-refractivity contribution in [2.45, 2.75) is 0 Å². The Balaban J connectivity index is 1.22. The second kappa shape index (κ2) is 14.0. The van der Waals surface area contributed by atoms with E-state index in [2.05, 4.69) is 119 Å². The molecule has 1 heterocycles. The molecule has 0 bridgehead atoms. The van der Waals surface area contributed by atoms with Crippen molar-refractivity contribution in [2.75, 3.05) is 4.90 Å². The van der Waals surface area contributed by atoms with Crippen LogP contribution in [0.15, 0.2) is 194 Å². The number of anilines is 3. The summed E-state index contributed by atoms with van der Waals surface area (Å²) in [6, 6.07) is 64.4. The number of hydrogen-bond acceptors (Lipinski definition) is 3. The van der Waals surface area contributed by atoms with Gasteiger partial charge in [0.15, 0.2) is 0 Å². The van der Waals surface area contributed by atoms with E-state index in [-0.39, 0.29) is 11.1 Å². The lowest BCUT2D eigenvalue weighted by atomic mass is 9.85. The first-order valence-corrected chi connectivity index (χ1v) is 19.0. The Labute approximate surface area is 333 Å². The van der Waals surface area contributed by atoms with Crippen LogP contribution in [0.5, 0.6) is 0 Å². The predicted octanol–water partition coefficient (Wildman–Crippen LogP) is 13.3. The number of rotatable bonds is 8. The molecule has 0 saturated heterocycles. The minimum absolute atomic E-state index is 0.193. The maximum Gasteiger partial charge on any atom is 0.335 e. The van der Waals surface area contributed by atoms with Crippen molar-refractivity contribution in [3.63, 3.8) is 0 Å². The van der Waals surface area contributed by atoms with Crippen LogP contribution < -0.4 is 4.90 Å². The first-order chi connectivity index (χ1) is 28.4. The largest absolute Gasteiger partial charge is 0.478 e. The summed E-state index contributed by atoms with van der Waals surface area (Å²) in [5.41, 5.74) is 9.89. The maximum absolute atomic E-state index is 12.3. The van der Waals surface area contributed by atoms with E-state index in [9.17, 15) is 19.8 Å². The van der Waals surface area contributed by atoms with Gasteiger partial charge in [-0.1, -0.05) is 109 Å². The van der Waals surface area contributed by atoms with Gasteiger partial charge >= 0.3 is 11.9 Å². The van der Waals surface area contributed by atoms with E-state index in [4.69, 9.17) is 0 Å². The summed E-state index contributed by atoms with van der Waals surface area (Å²) in [6.07, 6.45) is 0. The molecule has 0 radical (unpaired) electrons. The molecule has 0 amide bonds. The molecule has 0 unspecified atom stereocenters. The Kier molecular flexibility index (Phi) is 8.31. The monoisotopic (exact) mass is 750 g/mol. The van der Waals surface area contributed by atoms with E-state index in [0.29, 0.717) is 0 Å². The highest BCUT2D eigenvalue weighted by molar-refractivity contribution is 6.22. The van der Waals surface area contributed by atoms with Gasteiger partial charge in [-0.25, -0.2) is 9.59 Å². The molecule has 0 saturated carbocycles. The number of para-hydroxylation sites is 3. The van der Waals surface area contributed by atoms with Gasteiger partial charge < -0.3 is 19.7 Å². The molecular weight excluding hydrogens is 717 g/mol. The highest BCUT2D eigenvalue weighted by Gasteiger charge is 2.21. The molecular formula is C52H34N2O4. The van der Waals surface area contributed by atoms with E-state index in [1.807, 2.05) is 48.5 Å². The maximum atomic E-state index is 12.3. The first-order valence-electron chi connectivity index (χ1n) is 19.0. The average Bonchev–Trinajstić information content (AvgIpc) is 3.60. The van der Waals surface area contributed by atoms with Gasteiger partial charge in [0.2, 0.25) is 0 Å². The van der Waals surface area contributed by atoms with Gasteiger partial charge in [-0.2, -0.15) is 0 Å². The van der Waals surface area contributed by atoms with Crippen molar-refractivity contribution in [3.8, 4) is 27.9 Å². The molecule has 6 nitrogen and oxygen atoms in total. The average molecular weight is 751 g/mol. The van der Waals surface area contributed by atoms with E-state index in [0.717, 1.165) is 77.6 Å². The number of aromatic nitrogens is 1. The zero-order valence-electron chi connectivity index (χ0n) is 31.1. The van der Waals surface area contributed by atoms with Gasteiger partial charge in [-0.3, -0.25) is 0 Å². The molecule has 10 rings (SSSR count). The zero-order chi connectivity index (χ0) is 39.3. The van der Waals surface area contributed by atoms with Crippen LogP contribution in [0.1, 0.15) is 20.7 Å². The lowest BCUT2D eigenvalue weighted by Gasteiger charge is -2.27. The van der Waals surface area contributed by atoms with Crippen LogP contribution in [-0.4, -0.2) is 26.7 Å². The normalized spacial score (nSPS) is 11.4. The molecule has 0 fully saturated rings. The summed E-state index contributed by atoms with van der Waals surface area (Å²) in [6.45, 7) is 0. The summed E-state index contributed by atoms with van der Waals surface area (Å²) in [7, 11) is 0. The van der Waals surface area contributed by atoms with E-state index >= 15 is 0 Å². The number of fused-ring (bicyclic) bond motifs is 5. The van der Waals surface area contributed by atoms with Crippen LogP contribution in [0.3, 0.4) is 0 Å². The predicted molar refractivity (Wildman–Crippen MR) is 235 cm³/mol. The molecule has 58 heavy (non-hydrogen) atoms. The zero-order valence-corrected chi connectivity index (χ0v) is 31.1. The number of carboxylic acids is 2. The molecule has 0 spiro atoms. The van der Waals surface area contributed by atoms with Gasteiger partial charge in [-0.15, -0.1) is 0 Å². The number of carboxylic acid groups (broad SMARTS) is 2. The molecule has 0 aliphatic rings. The van der Waals surface area contributed by atoms with Crippen molar-refractivity contribution in [1.29, 1.82) is 0 Å². The van der Waals surface area contributed by atoms with E-state index in [1.165, 1.54) is 10.8 Å². The lowest BCUT2D eigenvalue weighted by Crippen LogP contribution is -2.10. The number of nitrogens with zero attached hydrogens (tertiary/aromatic N) is 2. The Morgan fingerprint density at radius 2 is 0.828 bits per heavy atom. The fourth-order valence-corrected chi connectivity index (χ4v) is 8.52. The third-order valence-corrected chi connectivity index (χ3v) is 11.0. The van der Waals surface area contributed by atoms with Crippen LogP contribution >= 0.6 is 0 Å². The van der Waals surface area contributed by atoms with Gasteiger partial charge in [0.25, 0.3) is 0 Å². The van der Waals surface area contributed by atoms with Gasteiger partial charge in [-0.05, 0) is 129 Å². The first kappa shape index (κ1) is 34.5. The second-order valence-corrected chi connectivity index (χ2v) is 14.4. The number of carbonyl (C=O) groups is 2. The van der Waals surface area contributed by atoms with Crippen LogP contribution in [0.4, 0.5) is 17.1 Å². The number of hydrogen-bond donors (Lipinski definition) is 2. The summed E-state index contributed by atoms with van der Waals surface area (Å²) >= 11 is 0. The highest BCUT2D eigenvalue weighted by atomic mass is 16.4. The molecule has 2 N–H and O–H groups in total. The minimum atomic E-state index is -1.00. The Morgan fingerprint density at radius 3 is 1.38 bits per heavy atom. The third-order valence-electron chi connectivity index (χ3n) is 11.0. The molecule has 0 atom stereocenters. The van der Waals surface area contributed by atoms with Crippen molar-refractivity contribution in [3.05, 3.63) is 205 Å². The molecule has 9 aromatic carbocycles. The lowest BCUT2D eigenvalue weighted by molar-refractivity contribution is 0.0686. The van der Waals surface area contributed by atoms with Crippen molar-refractivity contribution < 1.29 is 19.8 Å². The second-order valence-electron chi connectivity index (χ2n) is 14.4. The van der Waals surface area contributed by atoms with Crippen LogP contribution in [0, 0.1) is 0 Å². The van der Waals surface area contributed by atoms with E-state index < -0.39 is 11.9 Å². The van der Waals surface area contributed by atoms with Crippen LogP contribution in [-0.2, 0) is 0 Å². The van der Waals surface area contributed by atoms with Crippen LogP contribution in [0.25, 0.3) is 71.3 Å².